The standard InChI is InChI=1S/C16H22N2O3S.ClH/c1-22(20,21)14-5-3-2-4-13(14)15(19)18-10-7-16(8-11-18)6-9-17-12-16;/h2-5,17H,6-12H2,1H3;1H. The number of rotatable bonds is 2. The monoisotopic (exact) mass is 358 g/mol. The van der Waals surface area contributed by atoms with Gasteiger partial charge in [-0.05, 0) is 43.4 Å². The summed E-state index contributed by atoms with van der Waals surface area (Å²) in [6.07, 6.45) is 4.31. The van der Waals surface area contributed by atoms with Crippen LogP contribution in [-0.2, 0) is 9.84 Å². The van der Waals surface area contributed by atoms with Crippen LogP contribution in [0.15, 0.2) is 29.2 Å². The van der Waals surface area contributed by atoms with Crippen molar-refractivity contribution in [2.75, 3.05) is 32.4 Å². The molecule has 0 unspecified atom stereocenters. The molecule has 23 heavy (non-hydrogen) atoms. The molecule has 1 aromatic carbocycles. The lowest BCUT2D eigenvalue weighted by molar-refractivity contribution is 0.0604. The molecule has 1 aromatic rings. The van der Waals surface area contributed by atoms with Crippen LogP contribution in [0.4, 0.5) is 0 Å². The van der Waals surface area contributed by atoms with Gasteiger partial charge in [-0.2, -0.15) is 0 Å². The largest absolute Gasteiger partial charge is 0.339 e. The molecule has 1 N–H and O–H groups in total. The number of carbonyl (C=O) groups is 1. The molecule has 3 rings (SSSR count). The van der Waals surface area contributed by atoms with Gasteiger partial charge in [0.2, 0.25) is 0 Å². The van der Waals surface area contributed by atoms with Gasteiger partial charge in [0.15, 0.2) is 9.84 Å². The molecule has 2 fully saturated rings. The number of halogens is 1. The normalized spacial score (nSPS) is 20.3. The van der Waals surface area contributed by atoms with E-state index in [9.17, 15) is 13.2 Å². The van der Waals surface area contributed by atoms with E-state index in [0.29, 0.717) is 24.1 Å². The fraction of sp³-hybridized carbons (Fsp3) is 0.562. The minimum atomic E-state index is -3.40. The van der Waals surface area contributed by atoms with Crippen molar-refractivity contribution in [3.63, 3.8) is 0 Å². The number of hydrogen-bond donors (Lipinski definition) is 1. The molecule has 0 atom stereocenters. The number of carbonyl (C=O) groups excluding carboxylic acids is 1. The van der Waals surface area contributed by atoms with Crippen LogP contribution in [0.1, 0.15) is 29.6 Å². The molecule has 2 heterocycles. The van der Waals surface area contributed by atoms with Crippen molar-refractivity contribution in [1.29, 1.82) is 0 Å². The fourth-order valence-electron chi connectivity index (χ4n) is 3.54. The van der Waals surface area contributed by atoms with Gasteiger partial charge in [0.05, 0.1) is 10.5 Å². The summed E-state index contributed by atoms with van der Waals surface area (Å²) in [6.45, 7) is 3.51. The van der Waals surface area contributed by atoms with Gasteiger partial charge in [0, 0.05) is 25.9 Å². The molecule has 0 saturated carbocycles. The van der Waals surface area contributed by atoms with Crippen LogP contribution >= 0.6 is 12.4 Å². The maximum Gasteiger partial charge on any atom is 0.255 e. The molecule has 0 aromatic heterocycles. The second-order valence-electron chi connectivity index (χ2n) is 6.49. The highest BCUT2D eigenvalue weighted by molar-refractivity contribution is 7.90. The molecule has 128 valence electrons. The second-order valence-corrected chi connectivity index (χ2v) is 8.47. The van der Waals surface area contributed by atoms with Crippen LogP contribution in [0.5, 0.6) is 0 Å². The molecule has 7 heteroatoms. The number of hydrogen-bond acceptors (Lipinski definition) is 4. The predicted molar refractivity (Wildman–Crippen MR) is 91.9 cm³/mol. The summed E-state index contributed by atoms with van der Waals surface area (Å²) in [6, 6.07) is 6.49. The van der Waals surface area contributed by atoms with Crippen molar-refractivity contribution < 1.29 is 13.2 Å². The van der Waals surface area contributed by atoms with Crippen LogP contribution in [0.2, 0.25) is 0 Å². The van der Waals surface area contributed by atoms with E-state index in [0.717, 1.165) is 32.2 Å². The van der Waals surface area contributed by atoms with Crippen LogP contribution < -0.4 is 5.32 Å². The average Bonchev–Trinajstić information content (AvgIpc) is 2.95. The first-order valence-corrected chi connectivity index (χ1v) is 9.60. The van der Waals surface area contributed by atoms with E-state index in [-0.39, 0.29) is 23.2 Å². The number of nitrogens with zero attached hydrogens (tertiary/aromatic N) is 1. The topological polar surface area (TPSA) is 66.5 Å². The molecule has 5 nitrogen and oxygen atoms in total. The van der Waals surface area contributed by atoms with Crippen LogP contribution in [0.25, 0.3) is 0 Å². The van der Waals surface area contributed by atoms with E-state index in [4.69, 9.17) is 0 Å². The first kappa shape index (κ1) is 18.2. The minimum absolute atomic E-state index is 0. The van der Waals surface area contributed by atoms with Crippen molar-refractivity contribution in [2.45, 2.75) is 24.2 Å². The first-order valence-electron chi connectivity index (χ1n) is 7.70. The van der Waals surface area contributed by atoms with Gasteiger partial charge in [-0.15, -0.1) is 12.4 Å². The molecular formula is C16H23ClN2O3S. The Bertz CT molecular complexity index is 674. The molecule has 2 aliphatic rings. The molecule has 1 amide bonds. The summed E-state index contributed by atoms with van der Waals surface area (Å²) >= 11 is 0. The Labute approximate surface area is 143 Å². The van der Waals surface area contributed by atoms with E-state index >= 15 is 0 Å². The Morgan fingerprint density at radius 2 is 1.83 bits per heavy atom. The average molecular weight is 359 g/mol. The second kappa shape index (κ2) is 6.79. The zero-order valence-electron chi connectivity index (χ0n) is 13.2. The van der Waals surface area contributed by atoms with Crippen molar-refractivity contribution in [3.8, 4) is 0 Å². The van der Waals surface area contributed by atoms with Crippen molar-refractivity contribution in [1.82, 2.24) is 10.2 Å². The molecule has 0 radical (unpaired) electrons. The molecule has 1 spiro atoms. The Balaban J connectivity index is 0.00000192. The van der Waals surface area contributed by atoms with Gasteiger partial charge in [0.25, 0.3) is 5.91 Å². The molecule has 2 saturated heterocycles. The first-order chi connectivity index (χ1) is 10.4. The number of sulfone groups is 1. The van der Waals surface area contributed by atoms with E-state index < -0.39 is 9.84 Å². The van der Waals surface area contributed by atoms with E-state index in [1.807, 2.05) is 0 Å². The summed E-state index contributed by atoms with van der Waals surface area (Å²) in [4.78, 5) is 14.6. The minimum Gasteiger partial charge on any atom is -0.339 e. The molecular weight excluding hydrogens is 336 g/mol. The van der Waals surface area contributed by atoms with Crippen molar-refractivity contribution in [2.24, 2.45) is 5.41 Å². The SMILES string of the molecule is CS(=O)(=O)c1ccccc1C(=O)N1CCC2(CCNC2)CC1.Cl. The highest BCUT2D eigenvalue weighted by atomic mass is 35.5. The maximum atomic E-state index is 12.7. The number of piperidine rings is 1. The highest BCUT2D eigenvalue weighted by Gasteiger charge is 2.38. The van der Waals surface area contributed by atoms with Gasteiger partial charge < -0.3 is 10.2 Å². The summed E-state index contributed by atoms with van der Waals surface area (Å²) in [5.74, 6) is -0.165. The summed E-state index contributed by atoms with van der Waals surface area (Å²) in [7, 11) is -3.40. The zero-order chi connectivity index (χ0) is 15.8. The predicted octanol–water partition coefficient (Wildman–Crippen LogP) is 1.73. The van der Waals surface area contributed by atoms with E-state index in [1.54, 1.807) is 23.1 Å². The van der Waals surface area contributed by atoms with Gasteiger partial charge in [0.1, 0.15) is 0 Å². The zero-order valence-corrected chi connectivity index (χ0v) is 14.9. The van der Waals surface area contributed by atoms with Gasteiger partial charge in [-0.1, -0.05) is 12.1 Å². The number of likely N-dealkylation sites (tertiary alicyclic amines) is 1. The van der Waals surface area contributed by atoms with E-state index in [2.05, 4.69) is 5.32 Å². The maximum absolute atomic E-state index is 12.7. The van der Waals surface area contributed by atoms with Crippen LogP contribution in [-0.4, -0.2) is 51.7 Å². The lowest BCUT2D eigenvalue weighted by Crippen LogP contribution is -2.44. The fourth-order valence-corrected chi connectivity index (χ4v) is 4.42. The van der Waals surface area contributed by atoms with Gasteiger partial charge in [-0.3, -0.25) is 4.79 Å². The quantitative estimate of drug-likeness (QED) is 0.874. The third-order valence-corrected chi connectivity index (χ3v) is 6.12. The summed E-state index contributed by atoms with van der Waals surface area (Å²) in [5.41, 5.74) is 0.637. The Hall–Kier alpha value is -1.11. The molecule has 0 aliphatic carbocycles. The Morgan fingerprint density at radius 3 is 2.39 bits per heavy atom. The van der Waals surface area contributed by atoms with Gasteiger partial charge in [-0.25, -0.2) is 8.42 Å². The lowest BCUT2D eigenvalue weighted by Gasteiger charge is -2.39. The number of benzene rings is 1. The van der Waals surface area contributed by atoms with Crippen molar-refractivity contribution in [3.05, 3.63) is 29.8 Å². The Kier molecular flexibility index (Phi) is 5.38. The molecule has 2 aliphatic heterocycles. The van der Waals surface area contributed by atoms with Crippen molar-refractivity contribution >= 4 is 28.2 Å². The number of amides is 1. The molecule has 0 bridgehead atoms. The van der Waals surface area contributed by atoms with Gasteiger partial charge >= 0.3 is 0 Å². The smallest absolute Gasteiger partial charge is 0.255 e. The third kappa shape index (κ3) is 3.70. The lowest BCUT2D eigenvalue weighted by atomic mass is 9.78. The van der Waals surface area contributed by atoms with Crippen LogP contribution in [0, 0.1) is 5.41 Å². The third-order valence-electron chi connectivity index (χ3n) is 4.96. The summed E-state index contributed by atoms with van der Waals surface area (Å²) in [5, 5.41) is 3.40. The number of nitrogens with one attached hydrogen (secondary N) is 1. The highest BCUT2D eigenvalue weighted by Crippen LogP contribution is 2.37. The summed E-state index contributed by atoms with van der Waals surface area (Å²) < 4.78 is 23.7. The van der Waals surface area contributed by atoms with Crippen LogP contribution in [0.3, 0.4) is 0 Å². The Morgan fingerprint density at radius 1 is 1.17 bits per heavy atom. The van der Waals surface area contributed by atoms with E-state index in [1.165, 1.54) is 12.5 Å².